The third-order valence-corrected chi connectivity index (χ3v) is 7.51. The van der Waals surface area contributed by atoms with Crippen molar-refractivity contribution in [3.05, 3.63) is 0 Å². The number of esters is 1. The first-order valence-corrected chi connectivity index (χ1v) is 17.4. The molecule has 1 saturated heterocycles. The zero-order valence-corrected chi connectivity index (χ0v) is 27.5. The van der Waals surface area contributed by atoms with E-state index in [1.165, 1.54) is 6.92 Å². The number of terminal acetylenes is 1. The summed E-state index contributed by atoms with van der Waals surface area (Å²) in [4.78, 5) is 91.0. The van der Waals surface area contributed by atoms with Crippen molar-refractivity contribution < 1.29 is 47.9 Å². The van der Waals surface area contributed by atoms with Crippen LogP contribution in [0, 0.1) is 17.8 Å². The molecule has 1 fully saturated rings. The number of imide groups is 1. The summed E-state index contributed by atoms with van der Waals surface area (Å²) in [6.07, 6.45) is 8.27. The number of hydroxylamine groups is 2. The van der Waals surface area contributed by atoms with Crippen LogP contribution in [0.15, 0.2) is 0 Å². The van der Waals surface area contributed by atoms with Crippen LogP contribution in [-0.4, -0.2) is 88.6 Å². The fraction of sp³-hybridized carbons (Fsp3) is 0.640. The number of carbonyl (C=O) groups excluding carboxylic acids is 7. The molecule has 2 atom stereocenters. The predicted octanol–water partition coefficient (Wildman–Crippen LogP) is 2.23. The zero-order chi connectivity index (χ0) is 31.6. The Balaban J connectivity index is 2.93. The summed E-state index contributed by atoms with van der Waals surface area (Å²) in [7, 11) is -1.95. The van der Waals surface area contributed by atoms with Gasteiger partial charge in [0.05, 0.1) is 6.42 Å². The third kappa shape index (κ3) is 12.0. The van der Waals surface area contributed by atoms with Crippen molar-refractivity contribution in [2.75, 3.05) is 32.3 Å². The number of hydrogen-bond donors (Lipinski definition) is 2. The standard InChI is InChI=1S/C25H35Br2N3O10S/c1-7-8-9-16(20(34)28-13-12-19(33)40-30-17(31)10-11-18(30)32)29-21(35)25(4,14-38-22(36)24(2,3)26)15-39-23(37)41(5,6)27/h1,16H,8-15H2,2-6H3,(H,28,34)(H,29,35). The van der Waals surface area contributed by atoms with Gasteiger partial charge in [0.2, 0.25) is 11.8 Å². The Labute approximate surface area is 256 Å². The van der Waals surface area contributed by atoms with Crippen molar-refractivity contribution >= 4 is 80.1 Å². The van der Waals surface area contributed by atoms with Crippen molar-refractivity contribution in [1.29, 1.82) is 0 Å². The maximum atomic E-state index is 13.4. The summed E-state index contributed by atoms with van der Waals surface area (Å²) in [6.45, 7) is 3.36. The summed E-state index contributed by atoms with van der Waals surface area (Å²) in [5.74, 6) is -1.91. The Morgan fingerprint density at radius 2 is 1.63 bits per heavy atom. The van der Waals surface area contributed by atoms with Crippen LogP contribution in [0.1, 0.15) is 52.9 Å². The highest BCUT2D eigenvalue weighted by molar-refractivity contribution is 9.60. The van der Waals surface area contributed by atoms with E-state index in [0.717, 1.165) is 0 Å². The number of hydrogen-bond acceptors (Lipinski definition) is 10. The van der Waals surface area contributed by atoms with E-state index in [4.69, 9.17) is 20.7 Å². The highest BCUT2D eigenvalue weighted by Crippen LogP contribution is 2.50. The fourth-order valence-electron chi connectivity index (χ4n) is 2.97. The van der Waals surface area contributed by atoms with Gasteiger partial charge in [-0.2, -0.15) is 0 Å². The molecule has 230 valence electrons. The van der Waals surface area contributed by atoms with Gasteiger partial charge < -0.3 is 24.9 Å². The molecule has 41 heavy (non-hydrogen) atoms. The molecule has 1 heterocycles. The summed E-state index contributed by atoms with van der Waals surface area (Å²) in [5, 5.41) is 4.85. The summed E-state index contributed by atoms with van der Waals surface area (Å²) < 4.78 is 9.61. The molecule has 0 aliphatic carbocycles. The molecule has 2 N–H and O–H groups in total. The van der Waals surface area contributed by atoms with Crippen molar-refractivity contribution in [3.8, 4) is 12.3 Å². The largest absolute Gasteiger partial charge is 0.463 e. The lowest BCUT2D eigenvalue weighted by Crippen LogP contribution is -2.54. The number of carbonyl (C=O) groups is 7. The number of rotatable bonds is 14. The minimum atomic E-state index is -1.95. The minimum Gasteiger partial charge on any atom is -0.463 e. The maximum absolute atomic E-state index is 13.4. The van der Waals surface area contributed by atoms with E-state index >= 15 is 0 Å². The SMILES string of the molecule is C#CCCC(NC(=O)C(C)(COC(=O)C(C)(C)Br)COC(=O)S(C)(C)Br)C(=O)NCCC(=O)ON1C(=O)CCC1=O. The molecule has 13 nitrogen and oxygen atoms in total. The normalized spacial score (nSPS) is 16.1. The number of halogens is 2. The second-order valence-corrected chi connectivity index (χ2v) is 19.8. The Morgan fingerprint density at radius 3 is 2.15 bits per heavy atom. The van der Waals surface area contributed by atoms with E-state index in [0.29, 0.717) is 5.06 Å². The van der Waals surface area contributed by atoms with Crippen molar-refractivity contribution in [2.24, 2.45) is 5.41 Å². The van der Waals surface area contributed by atoms with Gasteiger partial charge in [-0.05, 0) is 54.5 Å². The molecule has 4 amide bonds. The monoisotopic (exact) mass is 727 g/mol. The first-order valence-electron chi connectivity index (χ1n) is 12.4. The molecule has 0 saturated carbocycles. The maximum Gasteiger partial charge on any atom is 0.358 e. The molecule has 0 spiro atoms. The lowest BCUT2D eigenvalue weighted by atomic mass is 9.90. The molecule has 2 unspecified atom stereocenters. The molecule has 0 bridgehead atoms. The average Bonchev–Trinajstić information content (AvgIpc) is 3.18. The quantitative estimate of drug-likeness (QED) is 0.117. The molecule has 1 aliphatic rings. The van der Waals surface area contributed by atoms with Gasteiger partial charge in [0.1, 0.15) is 29.0 Å². The molecule has 1 rings (SSSR count). The van der Waals surface area contributed by atoms with E-state index in [2.05, 4.69) is 47.3 Å². The summed E-state index contributed by atoms with van der Waals surface area (Å²) in [6, 6.07) is -1.16. The van der Waals surface area contributed by atoms with E-state index in [9.17, 15) is 33.6 Å². The van der Waals surface area contributed by atoms with Crippen LogP contribution >= 0.6 is 39.2 Å². The van der Waals surface area contributed by atoms with E-state index in [1.807, 2.05) is 0 Å². The van der Waals surface area contributed by atoms with Gasteiger partial charge in [-0.15, -0.1) is 17.4 Å². The van der Waals surface area contributed by atoms with Gasteiger partial charge in [-0.25, -0.2) is 9.59 Å². The Morgan fingerprint density at radius 1 is 1.07 bits per heavy atom. The topological polar surface area (TPSA) is 174 Å². The lowest BCUT2D eigenvalue weighted by Gasteiger charge is -2.31. The van der Waals surface area contributed by atoms with Crippen LogP contribution in [0.5, 0.6) is 0 Å². The summed E-state index contributed by atoms with van der Waals surface area (Å²) >= 11 is 6.45. The molecule has 0 aromatic heterocycles. The number of amides is 4. The predicted molar refractivity (Wildman–Crippen MR) is 157 cm³/mol. The smallest absolute Gasteiger partial charge is 0.358 e. The number of nitrogens with one attached hydrogen (secondary N) is 2. The molecule has 1 aliphatic heterocycles. The Bertz CT molecular complexity index is 1050. The van der Waals surface area contributed by atoms with Crippen molar-refractivity contribution in [2.45, 2.75) is 63.2 Å². The van der Waals surface area contributed by atoms with Crippen LogP contribution in [0.3, 0.4) is 0 Å². The van der Waals surface area contributed by atoms with Crippen molar-refractivity contribution in [3.63, 3.8) is 0 Å². The van der Waals surface area contributed by atoms with Crippen LogP contribution < -0.4 is 10.6 Å². The fourth-order valence-corrected chi connectivity index (χ4v) is 3.71. The molecular formula is C25H35Br2N3O10S. The second-order valence-electron chi connectivity index (χ2n) is 10.2. The number of nitrogens with zero attached hydrogens (tertiary/aromatic N) is 1. The minimum absolute atomic E-state index is 0.0258. The number of ether oxygens (including phenoxy) is 2. The highest BCUT2D eigenvalue weighted by Gasteiger charge is 2.41. The lowest BCUT2D eigenvalue weighted by molar-refractivity contribution is -0.197. The molecular weight excluding hydrogens is 694 g/mol. The van der Waals surface area contributed by atoms with Gasteiger partial charge in [0, 0.05) is 25.8 Å². The van der Waals surface area contributed by atoms with E-state index < -0.39 is 78.3 Å². The second kappa shape index (κ2) is 15.5. The Kier molecular flexibility index (Phi) is 13.8. The molecule has 0 aromatic rings. The first-order chi connectivity index (χ1) is 18.8. The van der Waals surface area contributed by atoms with Crippen LogP contribution in [-0.2, 0) is 43.1 Å². The average molecular weight is 729 g/mol. The third-order valence-electron chi connectivity index (χ3n) is 5.49. The molecule has 0 radical (unpaired) electrons. The molecule has 16 heteroatoms. The molecule has 0 aromatic carbocycles. The summed E-state index contributed by atoms with van der Waals surface area (Å²) in [5.41, 5.74) is -1.59. The van der Waals surface area contributed by atoms with Gasteiger partial charge in [0.25, 0.3) is 11.8 Å². The highest BCUT2D eigenvalue weighted by atomic mass is 79.9. The van der Waals surface area contributed by atoms with Gasteiger partial charge in [-0.1, -0.05) is 24.4 Å². The van der Waals surface area contributed by atoms with E-state index in [-0.39, 0.29) is 38.6 Å². The van der Waals surface area contributed by atoms with E-state index in [1.54, 1.807) is 26.4 Å². The van der Waals surface area contributed by atoms with Gasteiger partial charge in [-0.3, -0.25) is 24.0 Å². The van der Waals surface area contributed by atoms with Crippen molar-refractivity contribution in [1.82, 2.24) is 15.7 Å². The van der Waals surface area contributed by atoms with Gasteiger partial charge >= 0.3 is 17.2 Å². The van der Waals surface area contributed by atoms with Crippen LogP contribution in [0.2, 0.25) is 0 Å². The number of alkyl halides is 1. The van der Waals surface area contributed by atoms with Gasteiger partial charge in [0.15, 0.2) is 0 Å². The Hall–Kier alpha value is -2.64. The first kappa shape index (κ1) is 36.4. The van der Waals surface area contributed by atoms with Crippen LogP contribution in [0.25, 0.3) is 0 Å². The zero-order valence-electron chi connectivity index (χ0n) is 23.5. The van der Waals surface area contributed by atoms with Crippen LogP contribution in [0.4, 0.5) is 4.79 Å².